The van der Waals surface area contributed by atoms with Gasteiger partial charge in [-0.25, -0.2) is 0 Å². The summed E-state index contributed by atoms with van der Waals surface area (Å²) in [6, 6.07) is 19.9. The number of nitrogens with one attached hydrogen (secondary N) is 4. The second-order valence-corrected chi connectivity index (χ2v) is 25.2. The molecule has 0 radical (unpaired) electrons. The maximum Gasteiger partial charge on any atom is 0.319 e. The Morgan fingerprint density at radius 3 is 2.56 bits per heavy atom. The molecule has 5 N–H and O–H groups in total. The van der Waals surface area contributed by atoms with Gasteiger partial charge in [0.15, 0.2) is 11.3 Å². The molecule has 6 aliphatic rings. The molecule has 6 atom stereocenters. The monoisotopic (exact) mass is 1160 g/mol. The number of β-amino-alcohol motifs (C(OH)–C–C–N with tert-alkyl or cyclic N) is 1. The number of benzene rings is 4. The lowest BCUT2D eigenvalue weighted by molar-refractivity contribution is -0.142. The Morgan fingerprint density at radius 2 is 1.76 bits per heavy atom. The number of carbonyl (C=O) groups is 2. The number of piperazine rings is 1. The molecule has 2 unspecified atom stereocenters. The molecule has 2 bridgehead atoms. The Morgan fingerprint density at radius 1 is 0.884 bits per heavy atom. The second-order valence-electron chi connectivity index (χ2n) is 25.2. The molecule has 4 saturated heterocycles. The van der Waals surface area contributed by atoms with Crippen LogP contribution in [-0.2, 0) is 33.9 Å². The van der Waals surface area contributed by atoms with E-state index in [0.29, 0.717) is 59.4 Å². The van der Waals surface area contributed by atoms with E-state index >= 15 is 4.79 Å². The summed E-state index contributed by atoms with van der Waals surface area (Å²) in [6.45, 7) is 11.9. The fourth-order valence-corrected chi connectivity index (χ4v) is 14.7. The van der Waals surface area contributed by atoms with E-state index in [1.807, 2.05) is 55.2 Å². The highest BCUT2D eigenvalue weighted by Gasteiger charge is 2.44. The number of likely N-dealkylation sites (tertiary alicyclic amines) is 1. The van der Waals surface area contributed by atoms with Gasteiger partial charge in [-0.05, 0) is 128 Å². The first kappa shape index (κ1) is 54.5. The fraction of sp³-hybridized carbons (Fsp3) is 0.455. The van der Waals surface area contributed by atoms with Crippen LogP contribution in [0.3, 0.4) is 0 Å². The molecular weight excluding hydrogens is 1090 g/mol. The van der Waals surface area contributed by atoms with Crippen molar-refractivity contribution in [3.8, 4) is 34.1 Å². The third-order valence-corrected chi connectivity index (χ3v) is 19.1. The van der Waals surface area contributed by atoms with Crippen LogP contribution in [0.5, 0.6) is 11.8 Å². The number of nitrogens with zero attached hydrogens (tertiary/aromatic N) is 9. The fourth-order valence-electron chi connectivity index (χ4n) is 14.7. The lowest BCUT2D eigenvalue weighted by Gasteiger charge is -2.31. The van der Waals surface area contributed by atoms with E-state index in [1.54, 1.807) is 10.9 Å². The van der Waals surface area contributed by atoms with Crippen molar-refractivity contribution in [2.24, 2.45) is 5.92 Å². The molecular formula is C66H73N13O7. The van der Waals surface area contributed by atoms with Crippen molar-refractivity contribution in [2.75, 3.05) is 37.7 Å². The quantitative estimate of drug-likeness (QED) is 0.0604. The second kappa shape index (κ2) is 21.9. The summed E-state index contributed by atoms with van der Waals surface area (Å²) in [7, 11) is 0. The summed E-state index contributed by atoms with van der Waals surface area (Å²) in [5.74, 6) is 0.890. The summed E-state index contributed by atoms with van der Waals surface area (Å²) in [5, 5.41) is 38.5. The van der Waals surface area contributed by atoms with Gasteiger partial charge in [-0.2, -0.15) is 25.3 Å². The lowest BCUT2D eigenvalue weighted by atomic mass is 9.89. The zero-order chi connectivity index (χ0) is 58.5. The summed E-state index contributed by atoms with van der Waals surface area (Å²) in [4.78, 5) is 61.5. The van der Waals surface area contributed by atoms with E-state index in [4.69, 9.17) is 29.3 Å². The van der Waals surface area contributed by atoms with Gasteiger partial charge in [-0.15, -0.1) is 0 Å². The molecule has 2 amide bonds. The zero-order valence-corrected chi connectivity index (χ0v) is 49.1. The van der Waals surface area contributed by atoms with Gasteiger partial charge >= 0.3 is 6.01 Å². The van der Waals surface area contributed by atoms with E-state index < -0.39 is 23.7 Å². The molecule has 20 heteroatoms. The highest BCUT2D eigenvalue weighted by Crippen LogP contribution is 2.53. The number of carbonyl (C=O) groups excluding carboxylic acids is 2. The van der Waals surface area contributed by atoms with Crippen molar-refractivity contribution >= 4 is 61.2 Å². The molecule has 15 rings (SSSR count). The van der Waals surface area contributed by atoms with Crippen LogP contribution in [0.2, 0.25) is 0 Å². The number of pyridine rings is 1. The van der Waals surface area contributed by atoms with Crippen molar-refractivity contribution in [2.45, 2.75) is 153 Å². The van der Waals surface area contributed by atoms with Gasteiger partial charge < -0.3 is 44.7 Å². The number of aromatic nitrogens is 9. The van der Waals surface area contributed by atoms with Crippen LogP contribution in [0.4, 0.5) is 5.82 Å². The molecule has 9 heterocycles. The number of aliphatic hydroxyl groups is 1. The predicted octanol–water partition coefficient (Wildman–Crippen LogP) is 8.86. The summed E-state index contributed by atoms with van der Waals surface area (Å²) < 4.78 is 23.3. The van der Waals surface area contributed by atoms with E-state index in [0.717, 1.165) is 144 Å². The SMILES string of the molecule is CCn1nccc1-c1ccc2c(c1)CCCCC2NC(=O)[C@@H]1C[C@@H](O)CN1C(=O)C(C(C)C)n1cc2c(n1)c(=O)[nH]c1cc(COc3c(-c4c(C)ccc5[nH]ncc45)c(C4CC4)cc4c(N5C[C@@H]6C[C@H]5CN6)nc(OC5CCOCC5)nc34)ccc12. The predicted molar refractivity (Wildman–Crippen MR) is 327 cm³/mol. The number of H-pyrrole nitrogens is 2. The van der Waals surface area contributed by atoms with E-state index in [1.165, 1.54) is 16.0 Å². The minimum absolute atomic E-state index is 0.00218. The molecule has 1 saturated carbocycles. The number of aliphatic hydroxyl groups excluding tert-OH is 1. The van der Waals surface area contributed by atoms with Gasteiger partial charge in [-0.1, -0.05) is 50.6 Å². The average Bonchev–Trinajstić information content (AvgIpc) is 1.42. The minimum Gasteiger partial charge on any atom is -0.486 e. The molecule has 5 fully saturated rings. The van der Waals surface area contributed by atoms with Crippen molar-refractivity contribution in [1.29, 1.82) is 0 Å². The Balaban J connectivity index is 0.751. The summed E-state index contributed by atoms with van der Waals surface area (Å²) in [6.07, 6.45) is 12.9. The van der Waals surface area contributed by atoms with Gasteiger partial charge in [-0.3, -0.25) is 28.8 Å². The number of rotatable bonds is 15. The first-order valence-corrected chi connectivity index (χ1v) is 31.1. The van der Waals surface area contributed by atoms with Crippen LogP contribution in [0.1, 0.15) is 124 Å². The maximum atomic E-state index is 15.0. The van der Waals surface area contributed by atoms with E-state index in [2.05, 4.69) is 86.1 Å². The van der Waals surface area contributed by atoms with Gasteiger partial charge in [0.05, 0.1) is 42.8 Å². The normalized spacial score (nSPS) is 22.0. The maximum absolute atomic E-state index is 15.0. The van der Waals surface area contributed by atoms with E-state index in [9.17, 15) is 14.7 Å². The van der Waals surface area contributed by atoms with Gasteiger partial charge in [0, 0.05) is 108 Å². The number of anilines is 1. The van der Waals surface area contributed by atoms with E-state index in [-0.39, 0.29) is 55.0 Å². The lowest BCUT2D eigenvalue weighted by Crippen LogP contribution is -2.49. The number of aromatic amines is 2. The average molecular weight is 1160 g/mol. The van der Waals surface area contributed by atoms with Crippen LogP contribution in [0.25, 0.3) is 66.0 Å². The first-order chi connectivity index (χ1) is 41.9. The number of fused-ring (bicyclic) bond motifs is 8. The highest BCUT2D eigenvalue weighted by atomic mass is 16.5. The number of hydrogen-bond acceptors (Lipinski definition) is 14. The van der Waals surface area contributed by atoms with Crippen molar-refractivity contribution in [1.82, 2.24) is 60.2 Å². The molecule has 4 aromatic carbocycles. The topological polar surface area (TPSA) is 236 Å². The van der Waals surface area contributed by atoms with Crippen LogP contribution < -0.4 is 30.6 Å². The number of aryl methyl sites for hydroxylation is 3. The van der Waals surface area contributed by atoms with Crippen molar-refractivity contribution in [3.05, 3.63) is 117 Å². The Bertz CT molecular complexity index is 4190. The van der Waals surface area contributed by atoms with Crippen LogP contribution in [0, 0.1) is 12.8 Å². The number of amides is 2. The third kappa shape index (κ3) is 9.73. The zero-order valence-electron chi connectivity index (χ0n) is 49.1. The third-order valence-electron chi connectivity index (χ3n) is 19.1. The molecule has 20 nitrogen and oxygen atoms in total. The number of hydrogen-bond donors (Lipinski definition) is 5. The first-order valence-electron chi connectivity index (χ1n) is 31.1. The van der Waals surface area contributed by atoms with Crippen molar-refractivity contribution in [3.63, 3.8) is 0 Å². The van der Waals surface area contributed by atoms with Gasteiger partial charge in [0.25, 0.3) is 5.56 Å². The highest BCUT2D eigenvalue weighted by molar-refractivity contribution is 6.07. The Kier molecular flexibility index (Phi) is 13.9. The van der Waals surface area contributed by atoms with Crippen LogP contribution in [0.15, 0.2) is 84.0 Å². The van der Waals surface area contributed by atoms with Gasteiger partial charge in [0.1, 0.15) is 36.1 Å². The minimum atomic E-state index is -0.896. The molecule has 0 spiro atoms. The molecule has 86 heavy (non-hydrogen) atoms. The largest absolute Gasteiger partial charge is 0.486 e. The smallest absolute Gasteiger partial charge is 0.319 e. The van der Waals surface area contributed by atoms with Crippen LogP contribution in [-0.4, -0.2) is 130 Å². The molecule has 2 aliphatic carbocycles. The molecule has 9 aromatic rings. The molecule has 4 aliphatic heterocycles. The Hall–Kier alpha value is -8.20. The molecule has 5 aromatic heterocycles. The summed E-state index contributed by atoms with van der Waals surface area (Å²) in [5.41, 5.74) is 11.5. The van der Waals surface area contributed by atoms with Crippen LogP contribution >= 0.6 is 0 Å². The van der Waals surface area contributed by atoms with Gasteiger partial charge in [0.2, 0.25) is 11.8 Å². The number of ether oxygens (including phenoxy) is 3. The summed E-state index contributed by atoms with van der Waals surface area (Å²) >= 11 is 0. The standard InChI is InChI=1S/C66H73N13O7/c1-5-78-54(18-21-69-78)40-14-16-45-39(25-40)8-6-7-9-51(45)70-63(81)55-27-43(80)32-77(55)65(83)60(35(2)3)79-33-50-46-15-11-37(24-53(46)71-64(82)59(50)75-79)34-85-61-57(56-36(4)10-17-52-49(56)30-68-74-52)47(38-12-13-38)28-48-58(61)72-66(86-44-19-22-84-23-20-44)73-62(48)76-31-41-26-42(76)29-67-41/h10-11,14-18,21,24-25,28,30,33,35,38,41-44,51,55,60,67,80H,5-9,12-13,19-20,22-23,26-27,29,31-32,34H2,1-4H3,(H,68,74)(H,70,81)(H,71,82)/t41-,42-,43+,51?,55-,60?/m0/s1. The Labute approximate surface area is 497 Å². The van der Waals surface area contributed by atoms with Crippen molar-refractivity contribution < 1.29 is 28.9 Å². The molecule has 444 valence electrons.